The summed E-state index contributed by atoms with van der Waals surface area (Å²) >= 11 is 0. The number of nitrogens with zero attached hydrogens (tertiary/aromatic N) is 1. The third kappa shape index (κ3) is 3.40. The van der Waals surface area contributed by atoms with E-state index in [0.29, 0.717) is 0 Å². The van der Waals surface area contributed by atoms with E-state index < -0.39 is 29.1 Å². The number of oxime groups is 1. The number of benzene rings is 1. The molecule has 1 amide bonds. The molecule has 0 aromatic heterocycles. The molecule has 0 saturated heterocycles. The van der Waals surface area contributed by atoms with Crippen LogP contribution in [0.1, 0.15) is 24.2 Å². The lowest BCUT2D eigenvalue weighted by Gasteiger charge is -2.21. The Bertz CT molecular complexity index is 483. The molecule has 0 heterocycles. The van der Waals surface area contributed by atoms with Crippen molar-refractivity contribution < 1.29 is 18.8 Å². The van der Waals surface area contributed by atoms with Crippen molar-refractivity contribution in [2.24, 2.45) is 16.8 Å². The van der Waals surface area contributed by atoms with Gasteiger partial charge in [0.05, 0.1) is 6.04 Å². The average Bonchev–Trinajstić information content (AvgIpc) is 2.34. The van der Waals surface area contributed by atoms with Gasteiger partial charge in [0.1, 0.15) is 17.2 Å². The van der Waals surface area contributed by atoms with Gasteiger partial charge in [-0.2, -0.15) is 0 Å². The molecule has 0 bridgehead atoms. The third-order valence-electron chi connectivity index (χ3n) is 2.58. The van der Waals surface area contributed by atoms with Crippen LogP contribution in [0.2, 0.25) is 0 Å². The van der Waals surface area contributed by atoms with Crippen molar-refractivity contribution >= 4 is 11.7 Å². The lowest BCUT2D eigenvalue weighted by molar-refractivity contribution is 0.0930. The first-order chi connectivity index (χ1) is 8.88. The zero-order valence-corrected chi connectivity index (χ0v) is 10.5. The molecule has 7 heteroatoms. The molecule has 1 aromatic rings. The fraction of sp³-hybridized carbons (Fsp3) is 0.333. The molecule has 1 atom stereocenters. The molecule has 104 valence electrons. The van der Waals surface area contributed by atoms with Gasteiger partial charge in [-0.1, -0.05) is 25.1 Å². The predicted molar refractivity (Wildman–Crippen MR) is 65.9 cm³/mol. The molecule has 0 saturated carbocycles. The third-order valence-corrected chi connectivity index (χ3v) is 2.58. The molecule has 19 heavy (non-hydrogen) atoms. The van der Waals surface area contributed by atoms with Crippen LogP contribution in [0.5, 0.6) is 0 Å². The first-order valence-corrected chi connectivity index (χ1v) is 5.60. The normalized spacial score (nSPS) is 13.4. The summed E-state index contributed by atoms with van der Waals surface area (Å²) in [5.41, 5.74) is 4.72. The van der Waals surface area contributed by atoms with E-state index in [4.69, 9.17) is 10.9 Å². The summed E-state index contributed by atoms with van der Waals surface area (Å²) in [5, 5.41) is 13.7. The fourth-order valence-corrected chi connectivity index (χ4v) is 1.57. The van der Waals surface area contributed by atoms with Crippen molar-refractivity contribution in [2.75, 3.05) is 0 Å². The fourth-order valence-electron chi connectivity index (χ4n) is 1.57. The SMILES string of the molecule is CC(C)C(NC(=O)c1c(F)cccc1F)C(N)=NO. The minimum atomic E-state index is -0.973. The van der Waals surface area contributed by atoms with Gasteiger partial charge in [-0.3, -0.25) is 4.79 Å². The topological polar surface area (TPSA) is 87.7 Å². The van der Waals surface area contributed by atoms with E-state index in [2.05, 4.69) is 10.5 Å². The summed E-state index contributed by atoms with van der Waals surface area (Å²) in [4.78, 5) is 11.8. The van der Waals surface area contributed by atoms with E-state index in [1.807, 2.05) is 0 Å². The van der Waals surface area contributed by atoms with Gasteiger partial charge in [-0.25, -0.2) is 8.78 Å². The van der Waals surface area contributed by atoms with Crippen molar-refractivity contribution in [2.45, 2.75) is 19.9 Å². The molecule has 0 spiro atoms. The number of hydrogen-bond acceptors (Lipinski definition) is 3. The Balaban J connectivity index is 3.01. The number of carbonyl (C=O) groups excluding carboxylic acids is 1. The quantitative estimate of drug-likeness (QED) is 0.335. The summed E-state index contributed by atoms with van der Waals surface area (Å²) in [6, 6.07) is 2.29. The molecule has 0 aliphatic carbocycles. The zero-order chi connectivity index (χ0) is 14.6. The Kier molecular flexibility index (Phi) is 4.80. The second-order valence-corrected chi connectivity index (χ2v) is 4.32. The Hall–Kier alpha value is -2.18. The van der Waals surface area contributed by atoms with E-state index in [9.17, 15) is 13.6 Å². The Morgan fingerprint density at radius 2 is 1.89 bits per heavy atom. The standard InChI is InChI=1S/C12H15F2N3O2/c1-6(2)10(11(15)17-19)16-12(18)9-7(13)4-3-5-8(9)14/h3-6,10,19H,1-2H3,(H2,15,17)(H,16,18). The number of amides is 1. The van der Waals surface area contributed by atoms with Crippen LogP contribution in [-0.4, -0.2) is 23.0 Å². The van der Waals surface area contributed by atoms with Crippen LogP contribution in [0.25, 0.3) is 0 Å². The van der Waals surface area contributed by atoms with Gasteiger partial charge < -0.3 is 16.3 Å². The second-order valence-electron chi connectivity index (χ2n) is 4.32. The van der Waals surface area contributed by atoms with Crippen molar-refractivity contribution in [3.8, 4) is 0 Å². The highest BCUT2D eigenvalue weighted by Gasteiger charge is 2.24. The maximum atomic E-state index is 13.4. The molecular formula is C12H15F2N3O2. The van der Waals surface area contributed by atoms with Crippen LogP contribution in [0.3, 0.4) is 0 Å². The highest BCUT2D eigenvalue weighted by Crippen LogP contribution is 2.13. The van der Waals surface area contributed by atoms with Gasteiger partial charge >= 0.3 is 0 Å². The van der Waals surface area contributed by atoms with Gasteiger partial charge in [-0.05, 0) is 18.1 Å². The molecule has 0 fully saturated rings. The summed E-state index contributed by atoms with van der Waals surface area (Å²) in [5.74, 6) is -3.35. The Morgan fingerprint density at radius 1 is 1.37 bits per heavy atom. The van der Waals surface area contributed by atoms with Gasteiger partial charge in [0.15, 0.2) is 5.84 Å². The van der Waals surface area contributed by atoms with Gasteiger partial charge in [0.25, 0.3) is 5.91 Å². The van der Waals surface area contributed by atoms with Crippen LogP contribution in [-0.2, 0) is 0 Å². The summed E-state index contributed by atoms with van der Waals surface area (Å²) in [6.45, 7) is 3.42. The molecule has 0 aliphatic rings. The van der Waals surface area contributed by atoms with Crippen molar-refractivity contribution in [1.82, 2.24) is 5.32 Å². The lowest BCUT2D eigenvalue weighted by Crippen LogP contribution is -2.48. The van der Waals surface area contributed by atoms with Crippen LogP contribution in [0.4, 0.5) is 8.78 Å². The number of halogens is 2. The smallest absolute Gasteiger partial charge is 0.257 e. The first kappa shape index (κ1) is 14.9. The first-order valence-electron chi connectivity index (χ1n) is 5.60. The molecule has 0 radical (unpaired) electrons. The summed E-state index contributed by atoms with van der Waals surface area (Å²) < 4.78 is 26.8. The Labute approximate surface area is 109 Å². The monoisotopic (exact) mass is 271 g/mol. The summed E-state index contributed by atoms with van der Waals surface area (Å²) in [7, 11) is 0. The van der Waals surface area contributed by atoms with Crippen molar-refractivity contribution in [3.05, 3.63) is 35.4 Å². The number of amidine groups is 1. The number of hydrogen-bond donors (Lipinski definition) is 3. The maximum Gasteiger partial charge on any atom is 0.257 e. The largest absolute Gasteiger partial charge is 0.409 e. The predicted octanol–water partition coefficient (Wildman–Crippen LogP) is 1.47. The zero-order valence-electron chi connectivity index (χ0n) is 10.5. The molecule has 4 N–H and O–H groups in total. The molecule has 0 aliphatic heterocycles. The number of nitrogens with two attached hydrogens (primary N) is 1. The lowest BCUT2D eigenvalue weighted by atomic mass is 10.0. The number of carbonyl (C=O) groups is 1. The molecule has 1 rings (SSSR count). The second kappa shape index (κ2) is 6.12. The van der Waals surface area contributed by atoms with E-state index >= 15 is 0 Å². The number of nitrogens with one attached hydrogen (secondary N) is 1. The van der Waals surface area contributed by atoms with E-state index in [-0.39, 0.29) is 11.8 Å². The van der Waals surface area contributed by atoms with Crippen LogP contribution in [0.15, 0.2) is 23.4 Å². The molecule has 1 aromatic carbocycles. The van der Waals surface area contributed by atoms with Crippen LogP contribution < -0.4 is 11.1 Å². The van der Waals surface area contributed by atoms with E-state index in [1.54, 1.807) is 13.8 Å². The average molecular weight is 271 g/mol. The van der Waals surface area contributed by atoms with E-state index in [1.165, 1.54) is 0 Å². The van der Waals surface area contributed by atoms with E-state index in [0.717, 1.165) is 18.2 Å². The highest BCUT2D eigenvalue weighted by atomic mass is 19.1. The molecular weight excluding hydrogens is 256 g/mol. The van der Waals surface area contributed by atoms with Gasteiger partial charge in [0.2, 0.25) is 0 Å². The summed E-state index contributed by atoms with van der Waals surface area (Å²) in [6.07, 6.45) is 0. The molecule has 1 unspecified atom stereocenters. The van der Waals surface area contributed by atoms with Crippen LogP contribution in [0, 0.1) is 17.6 Å². The van der Waals surface area contributed by atoms with Crippen LogP contribution >= 0.6 is 0 Å². The minimum absolute atomic E-state index is 0.213. The minimum Gasteiger partial charge on any atom is -0.409 e. The van der Waals surface area contributed by atoms with Crippen molar-refractivity contribution in [1.29, 1.82) is 0 Å². The van der Waals surface area contributed by atoms with Gasteiger partial charge in [-0.15, -0.1) is 0 Å². The Morgan fingerprint density at radius 3 is 2.32 bits per heavy atom. The highest BCUT2D eigenvalue weighted by molar-refractivity contribution is 5.98. The molecule has 5 nitrogen and oxygen atoms in total. The maximum absolute atomic E-state index is 13.4. The number of rotatable bonds is 4. The van der Waals surface area contributed by atoms with Crippen molar-refractivity contribution in [3.63, 3.8) is 0 Å². The van der Waals surface area contributed by atoms with Gasteiger partial charge in [0, 0.05) is 0 Å².